The van der Waals surface area contributed by atoms with Crippen LogP contribution in [-0.4, -0.2) is 11.6 Å². The number of rotatable bonds is 3. The van der Waals surface area contributed by atoms with Crippen molar-refractivity contribution in [3.8, 4) is 0 Å². The Morgan fingerprint density at radius 2 is 1.34 bits per heavy atom. The third-order valence-electron chi connectivity index (χ3n) is 5.80. The lowest BCUT2D eigenvalue weighted by Crippen LogP contribution is -1.97. The Balaban J connectivity index is 0.000000308. The SMILES string of the molecule is CCC/C=C\C1=C(C)CCC1=O.O=C1CCCC=CCCCCCCCCCC1. The molecule has 0 spiro atoms. The molecule has 0 atom stereocenters. The highest BCUT2D eigenvalue weighted by Crippen LogP contribution is 2.23. The normalized spacial score (nSPS) is 20.8. The van der Waals surface area contributed by atoms with Crippen molar-refractivity contribution in [1.82, 2.24) is 0 Å². The van der Waals surface area contributed by atoms with Crippen LogP contribution in [0.25, 0.3) is 0 Å². The van der Waals surface area contributed by atoms with E-state index in [2.05, 4.69) is 32.1 Å². The third kappa shape index (κ3) is 13.4. The Morgan fingerprint density at radius 3 is 1.97 bits per heavy atom. The van der Waals surface area contributed by atoms with Gasteiger partial charge < -0.3 is 0 Å². The molecule has 2 aliphatic rings. The molecular formula is C27H44O2. The number of allylic oxidation sites excluding steroid dienone is 6. The first-order valence-corrected chi connectivity index (χ1v) is 12.2. The van der Waals surface area contributed by atoms with E-state index in [0.717, 1.165) is 63.4 Å². The summed E-state index contributed by atoms with van der Waals surface area (Å²) in [6.07, 6.45) is 28.1. The largest absolute Gasteiger partial charge is 0.300 e. The summed E-state index contributed by atoms with van der Waals surface area (Å²) in [6.45, 7) is 4.19. The molecule has 2 heteroatoms. The van der Waals surface area contributed by atoms with Gasteiger partial charge in [0.1, 0.15) is 5.78 Å². The van der Waals surface area contributed by atoms with Crippen molar-refractivity contribution in [2.45, 2.75) is 123 Å². The van der Waals surface area contributed by atoms with Gasteiger partial charge in [-0.2, -0.15) is 0 Å². The average molecular weight is 401 g/mol. The highest BCUT2D eigenvalue weighted by atomic mass is 16.1. The first kappa shape index (κ1) is 25.6. The lowest BCUT2D eigenvalue weighted by atomic mass is 10.0. The van der Waals surface area contributed by atoms with Crippen molar-refractivity contribution >= 4 is 11.6 Å². The molecule has 0 fully saturated rings. The van der Waals surface area contributed by atoms with Crippen LogP contribution in [0, 0.1) is 0 Å². The zero-order valence-corrected chi connectivity index (χ0v) is 19.1. The van der Waals surface area contributed by atoms with Gasteiger partial charge in [-0.1, -0.05) is 81.7 Å². The molecule has 2 aliphatic carbocycles. The number of Topliss-reactive ketones (excluding diaryl/α,β-unsaturated/α-hetero) is 2. The molecule has 0 unspecified atom stereocenters. The lowest BCUT2D eigenvalue weighted by Gasteiger charge is -2.03. The van der Waals surface area contributed by atoms with Crippen molar-refractivity contribution in [3.63, 3.8) is 0 Å². The number of hydrogen-bond donors (Lipinski definition) is 0. The fraction of sp³-hybridized carbons (Fsp3) is 0.704. The summed E-state index contributed by atoms with van der Waals surface area (Å²) in [4.78, 5) is 22.8. The molecular weight excluding hydrogens is 356 g/mol. The van der Waals surface area contributed by atoms with E-state index < -0.39 is 0 Å². The molecule has 0 aliphatic heterocycles. The highest BCUT2D eigenvalue weighted by molar-refractivity contribution is 6.01. The minimum atomic E-state index is 0.319. The second kappa shape index (κ2) is 17.4. The van der Waals surface area contributed by atoms with Crippen LogP contribution in [0.4, 0.5) is 0 Å². The van der Waals surface area contributed by atoms with E-state index in [-0.39, 0.29) is 0 Å². The Hall–Kier alpha value is -1.44. The fourth-order valence-corrected chi connectivity index (χ4v) is 3.83. The second-order valence-electron chi connectivity index (χ2n) is 8.58. The molecule has 2 rings (SSSR count). The maximum Gasteiger partial charge on any atom is 0.163 e. The summed E-state index contributed by atoms with van der Waals surface area (Å²) in [5.74, 6) is 0.797. The average Bonchev–Trinajstić information content (AvgIpc) is 3.03. The zero-order valence-electron chi connectivity index (χ0n) is 19.1. The van der Waals surface area contributed by atoms with Gasteiger partial charge in [-0.25, -0.2) is 0 Å². The van der Waals surface area contributed by atoms with Crippen LogP contribution < -0.4 is 0 Å². The highest BCUT2D eigenvalue weighted by Gasteiger charge is 2.16. The van der Waals surface area contributed by atoms with Crippen LogP contribution in [0.1, 0.15) is 123 Å². The standard InChI is InChI=1S/C16H28O.C11H16O/c17-16-14-12-10-8-6-4-2-1-3-5-7-9-11-13-15-16;1-3-4-5-6-10-9(2)7-8-11(10)12/h6,8H,1-5,7,9-15H2;5-6H,3-4,7-8H2,1-2H3/b;6-5-. The number of ketones is 2. The molecule has 0 amide bonds. The van der Waals surface area contributed by atoms with Crippen molar-refractivity contribution in [2.75, 3.05) is 0 Å². The lowest BCUT2D eigenvalue weighted by molar-refractivity contribution is -0.119. The van der Waals surface area contributed by atoms with E-state index in [1.54, 1.807) is 0 Å². The molecule has 0 saturated heterocycles. The van der Waals surface area contributed by atoms with Gasteiger partial charge in [-0.05, 0) is 51.9 Å². The number of carbonyl (C=O) groups is 2. The van der Waals surface area contributed by atoms with Crippen LogP contribution in [0.5, 0.6) is 0 Å². The molecule has 2 nitrogen and oxygen atoms in total. The quantitative estimate of drug-likeness (QED) is 0.447. The molecule has 0 aromatic heterocycles. The molecule has 0 N–H and O–H groups in total. The van der Waals surface area contributed by atoms with Crippen LogP contribution in [-0.2, 0) is 9.59 Å². The first-order chi connectivity index (χ1) is 14.1. The van der Waals surface area contributed by atoms with Gasteiger partial charge in [0.15, 0.2) is 5.78 Å². The molecule has 164 valence electrons. The molecule has 0 aromatic carbocycles. The summed E-state index contributed by atoms with van der Waals surface area (Å²) >= 11 is 0. The first-order valence-electron chi connectivity index (χ1n) is 12.2. The van der Waals surface area contributed by atoms with E-state index in [9.17, 15) is 9.59 Å². The van der Waals surface area contributed by atoms with Gasteiger partial charge in [-0.3, -0.25) is 9.59 Å². The maximum atomic E-state index is 11.6. The molecule has 29 heavy (non-hydrogen) atoms. The summed E-state index contributed by atoms with van der Waals surface area (Å²) in [5, 5.41) is 0. The van der Waals surface area contributed by atoms with Crippen molar-refractivity contribution in [1.29, 1.82) is 0 Å². The van der Waals surface area contributed by atoms with Crippen molar-refractivity contribution in [2.24, 2.45) is 0 Å². The minimum Gasteiger partial charge on any atom is -0.300 e. The zero-order chi connectivity index (χ0) is 21.2. The number of hydrogen-bond acceptors (Lipinski definition) is 2. The molecule has 0 aromatic rings. The predicted molar refractivity (Wildman–Crippen MR) is 125 cm³/mol. The molecule has 0 saturated carbocycles. The van der Waals surface area contributed by atoms with E-state index in [1.807, 2.05) is 6.08 Å². The number of carbonyl (C=O) groups excluding carboxylic acids is 2. The smallest absolute Gasteiger partial charge is 0.163 e. The van der Waals surface area contributed by atoms with E-state index in [4.69, 9.17) is 0 Å². The van der Waals surface area contributed by atoms with Crippen molar-refractivity contribution in [3.05, 3.63) is 35.5 Å². The van der Waals surface area contributed by atoms with Crippen LogP contribution in [0.15, 0.2) is 35.5 Å². The van der Waals surface area contributed by atoms with Gasteiger partial charge in [-0.15, -0.1) is 0 Å². The van der Waals surface area contributed by atoms with Gasteiger partial charge in [0.25, 0.3) is 0 Å². The number of unbranched alkanes of at least 4 members (excludes halogenated alkanes) is 1. The molecule has 0 bridgehead atoms. The van der Waals surface area contributed by atoms with Crippen LogP contribution in [0.3, 0.4) is 0 Å². The topological polar surface area (TPSA) is 34.1 Å². The second-order valence-corrected chi connectivity index (χ2v) is 8.58. The van der Waals surface area contributed by atoms with Crippen molar-refractivity contribution < 1.29 is 9.59 Å². The summed E-state index contributed by atoms with van der Waals surface area (Å²) in [7, 11) is 0. The monoisotopic (exact) mass is 400 g/mol. The van der Waals surface area contributed by atoms with E-state index in [1.165, 1.54) is 56.9 Å². The van der Waals surface area contributed by atoms with Gasteiger partial charge in [0, 0.05) is 24.8 Å². The Kier molecular flexibility index (Phi) is 15.4. The Morgan fingerprint density at radius 1 is 0.759 bits per heavy atom. The van der Waals surface area contributed by atoms with Gasteiger partial charge >= 0.3 is 0 Å². The van der Waals surface area contributed by atoms with Crippen LogP contribution >= 0.6 is 0 Å². The summed E-state index contributed by atoms with van der Waals surface area (Å²) in [5.41, 5.74) is 2.22. The van der Waals surface area contributed by atoms with Gasteiger partial charge in [0.05, 0.1) is 0 Å². The molecule has 0 heterocycles. The van der Waals surface area contributed by atoms with E-state index >= 15 is 0 Å². The molecule has 0 radical (unpaired) electrons. The Bertz CT molecular complexity index is 551. The third-order valence-corrected chi connectivity index (χ3v) is 5.80. The van der Waals surface area contributed by atoms with Gasteiger partial charge in [0.2, 0.25) is 0 Å². The van der Waals surface area contributed by atoms with E-state index in [0.29, 0.717) is 11.6 Å². The minimum absolute atomic E-state index is 0.319. The Labute approximate surface area is 179 Å². The summed E-state index contributed by atoms with van der Waals surface area (Å²) in [6, 6.07) is 0. The summed E-state index contributed by atoms with van der Waals surface area (Å²) < 4.78 is 0. The fourth-order valence-electron chi connectivity index (χ4n) is 3.83. The predicted octanol–water partition coefficient (Wildman–Crippen LogP) is 8.22. The maximum absolute atomic E-state index is 11.6. The van der Waals surface area contributed by atoms with Crippen LogP contribution in [0.2, 0.25) is 0 Å².